The fourth-order valence-electron chi connectivity index (χ4n) is 2.09. The molecular weight excluding hydrogens is 282 g/mol. The van der Waals surface area contributed by atoms with E-state index in [9.17, 15) is 9.59 Å². The molecule has 1 amide bonds. The van der Waals surface area contributed by atoms with Crippen LogP contribution in [0.5, 0.6) is 0 Å². The third kappa shape index (κ3) is 4.44. The summed E-state index contributed by atoms with van der Waals surface area (Å²) in [5.74, 6) is -0.550. The number of carbonyl (C=O) groups is 2. The van der Waals surface area contributed by atoms with Crippen molar-refractivity contribution in [2.75, 3.05) is 7.11 Å². The molecule has 1 heterocycles. The van der Waals surface area contributed by atoms with Gasteiger partial charge in [-0.3, -0.25) is 9.59 Å². The van der Waals surface area contributed by atoms with E-state index in [1.54, 1.807) is 25.5 Å². The highest BCUT2D eigenvalue weighted by Gasteiger charge is 2.13. The average molecular weight is 301 g/mol. The SMILES string of the molecule is COC(=O)C[C@@H](C)NC(=O)c1cccc(Cn2ccnc2)c1. The molecule has 0 bridgehead atoms. The molecule has 1 N–H and O–H groups in total. The van der Waals surface area contributed by atoms with Crippen molar-refractivity contribution >= 4 is 11.9 Å². The van der Waals surface area contributed by atoms with Gasteiger partial charge in [-0.1, -0.05) is 12.1 Å². The van der Waals surface area contributed by atoms with Gasteiger partial charge in [0.25, 0.3) is 5.91 Å². The molecule has 0 fully saturated rings. The quantitative estimate of drug-likeness (QED) is 0.823. The predicted molar refractivity (Wildman–Crippen MR) is 81.3 cm³/mol. The summed E-state index contributed by atoms with van der Waals surface area (Å²) in [5, 5.41) is 2.79. The second-order valence-corrected chi connectivity index (χ2v) is 5.09. The molecule has 22 heavy (non-hydrogen) atoms. The molecule has 6 nitrogen and oxygen atoms in total. The molecule has 6 heteroatoms. The van der Waals surface area contributed by atoms with E-state index in [-0.39, 0.29) is 24.3 Å². The van der Waals surface area contributed by atoms with E-state index >= 15 is 0 Å². The maximum absolute atomic E-state index is 12.2. The third-order valence-corrected chi connectivity index (χ3v) is 3.19. The zero-order valence-corrected chi connectivity index (χ0v) is 12.7. The summed E-state index contributed by atoms with van der Waals surface area (Å²) in [5.41, 5.74) is 1.57. The maximum Gasteiger partial charge on any atom is 0.307 e. The fraction of sp³-hybridized carbons (Fsp3) is 0.312. The molecular formula is C16H19N3O3. The zero-order chi connectivity index (χ0) is 15.9. The first-order valence-electron chi connectivity index (χ1n) is 7.01. The van der Waals surface area contributed by atoms with Crippen LogP contribution in [0.2, 0.25) is 0 Å². The second-order valence-electron chi connectivity index (χ2n) is 5.09. The van der Waals surface area contributed by atoms with E-state index in [0.29, 0.717) is 12.1 Å². The lowest BCUT2D eigenvalue weighted by molar-refractivity contribution is -0.141. The Labute approximate surface area is 129 Å². The molecule has 0 saturated carbocycles. The molecule has 2 rings (SSSR count). The van der Waals surface area contributed by atoms with Gasteiger partial charge in [-0.05, 0) is 24.6 Å². The summed E-state index contributed by atoms with van der Waals surface area (Å²) in [4.78, 5) is 27.4. The standard InChI is InChI=1S/C16H19N3O3/c1-12(8-15(20)22-2)18-16(21)14-5-3-4-13(9-14)10-19-7-6-17-11-19/h3-7,9,11-12H,8,10H2,1-2H3,(H,18,21)/t12-/m1/s1. The van der Waals surface area contributed by atoms with Crippen molar-refractivity contribution in [2.45, 2.75) is 25.9 Å². The second kappa shape index (κ2) is 7.40. The van der Waals surface area contributed by atoms with E-state index in [1.165, 1.54) is 7.11 Å². The molecule has 116 valence electrons. The minimum Gasteiger partial charge on any atom is -0.469 e. The number of imidazole rings is 1. The van der Waals surface area contributed by atoms with E-state index in [4.69, 9.17) is 0 Å². The molecule has 0 spiro atoms. The highest BCUT2D eigenvalue weighted by molar-refractivity contribution is 5.94. The van der Waals surface area contributed by atoms with Crippen LogP contribution in [0.3, 0.4) is 0 Å². The molecule has 0 unspecified atom stereocenters. The van der Waals surface area contributed by atoms with E-state index in [1.807, 2.05) is 29.0 Å². The Hall–Kier alpha value is -2.63. The average Bonchev–Trinajstić information content (AvgIpc) is 3.00. The minimum atomic E-state index is -0.346. The van der Waals surface area contributed by atoms with Crippen LogP contribution in [0.1, 0.15) is 29.3 Å². The van der Waals surface area contributed by atoms with Crippen LogP contribution in [-0.4, -0.2) is 34.6 Å². The van der Waals surface area contributed by atoms with Crippen molar-refractivity contribution in [2.24, 2.45) is 0 Å². The van der Waals surface area contributed by atoms with Gasteiger partial charge in [-0.25, -0.2) is 4.98 Å². The number of amides is 1. The smallest absolute Gasteiger partial charge is 0.307 e. The first-order chi connectivity index (χ1) is 10.6. The Balaban J connectivity index is 1.99. The summed E-state index contributed by atoms with van der Waals surface area (Å²) in [6, 6.07) is 7.09. The third-order valence-electron chi connectivity index (χ3n) is 3.19. The lowest BCUT2D eigenvalue weighted by Gasteiger charge is -2.13. The fourth-order valence-corrected chi connectivity index (χ4v) is 2.09. The molecule has 0 aliphatic rings. The minimum absolute atomic E-state index is 0.150. The Kier molecular flexibility index (Phi) is 5.30. The van der Waals surface area contributed by atoms with Gasteiger partial charge < -0.3 is 14.6 Å². The van der Waals surface area contributed by atoms with Crippen LogP contribution >= 0.6 is 0 Å². The Bertz CT molecular complexity index is 638. The van der Waals surface area contributed by atoms with Gasteiger partial charge in [0.2, 0.25) is 0 Å². The van der Waals surface area contributed by atoms with Gasteiger partial charge in [-0.2, -0.15) is 0 Å². The van der Waals surface area contributed by atoms with Gasteiger partial charge in [0.15, 0.2) is 0 Å². The molecule has 2 aromatic rings. The summed E-state index contributed by atoms with van der Waals surface area (Å²) in [6.45, 7) is 2.42. The number of hydrogen-bond acceptors (Lipinski definition) is 4. The van der Waals surface area contributed by atoms with Crippen molar-refractivity contribution in [3.05, 3.63) is 54.1 Å². The number of rotatable bonds is 6. The van der Waals surface area contributed by atoms with Crippen molar-refractivity contribution in [3.63, 3.8) is 0 Å². The monoisotopic (exact) mass is 301 g/mol. The Morgan fingerprint density at radius 2 is 2.23 bits per heavy atom. The van der Waals surface area contributed by atoms with Crippen LogP contribution in [0.4, 0.5) is 0 Å². The van der Waals surface area contributed by atoms with Crippen LogP contribution < -0.4 is 5.32 Å². The van der Waals surface area contributed by atoms with Crippen LogP contribution in [0.25, 0.3) is 0 Å². The summed E-state index contributed by atoms with van der Waals surface area (Å²) < 4.78 is 6.51. The summed E-state index contributed by atoms with van der Waals surface area (Å²) >= 11 is 0. The number of ether oxygens (including phenoxy) is 1. The molecule has 0 aliphatic carbocycles. The number of carbonyl (C=O) groups excluding carboxylic acids is 2. The Morgan fingerprint density at radius 3 is 2.91 bits per heavy atom. The lowest BCUT2D eigenvalue weighted by atomic mass is 10.1. The molecule has 1 aromatic heterocycles. The molecule has 1 aromatic carbocycles. The number of benzene rings is 1. The topological polar surface area (TPSA) is 73.2 Å². The number of methoxy groups -OCH3 is 1. The van der Waals surface area contributed by atoms with Crippen LogP contribution in [0.15, 0.2) is 43.0 Å². The van der Waals surface area contributed by atoms with E-state index < -0.39 is 0 Å². The maximum atomic E-state index is 12.2. The normalized spacial score (nSPS) is 11.7. The van der Waals surface area contributed by atoms with Gasteiger partial charge in [0.05, 0.1) is 19.9 Å². The van der Waals surface area contributed by atoms with Gasteiger partial charge >= 0.3 is 5.97 Å². The molecule has 0 saturated heterocycles. The molecule has 0 radical (unpaired) electrons. The van der Waals surface area contributed by atoms with Gasteiger partial charge in [0, 0.05) is 30.5 Å². The summed E-state index contributed by atoms with van der Waals surface area (Å²) in [7, 11) is 1.33. The molecule has 1 atom stereocenters. The highest BCUT2D eigenvalue weighted by Crippen LogP contribution is 2.08. The zero-order valence-electron chi connectivity index (χ0n) is 12.7. The molecule has 0 aliphatic heterocycles. The number of nitrogens with one attached hydrogen (secondary N) is 1. The van der Waals surface area contributed by atoms with Crippen molar-refractivity contribution in [1.82, 2.24) is 14.9 Å². The number of esters is 1. The predicted octanol–water partition coefficient (Wildman–Crippen LogP) is 1.61. The first kappa shape index (κ1) is 15.8. The van der Waals surface area contributed by atoms with Crippen molar-refractivity contribution < 1.29 is 14.3 Å². The lowest BCUT2D eigenvalue weighted by Crippen LogP contribution is -2.34. The number of hydrogen-bond donors (Lipinski definition) is 1. The Morgan fingerprint density at radius 1 is 1.41 bits per heavy atom. The van der Waals surface area contributed by atoms with Crippen molar-refractivity contribution in [3.8, 4) is 0 Å². The van der Waals surface area contributed by atoms with Gasteiger partial charge in [-0.15, -0.1) is 0 Å². The summed E-state index contributed by atoms with van der Waals surface area (Å²) in [6.07, 6.45) is 5.46. The van der Waals surface area contributed by atoms with Gasteiger partial charge in [0.1, 0.15) is 0 Å². The first-order valence-corrected chi connectivity index (χ1v) is 7.01. The van der Waals surface area contributed by atoms with Crippen LogP contribution in [0, 0.1) is 0 Å². The number of aromatic nitrogens is 2. The largest absolute Gasteiger partial charge is 0.469 e. The number of nitrogens with zero attached hydrogens (tertiary/aromatic N) is 2. The highest BCUT2D eigenvalue weighted by atomic mass is 16.5. The van der Waals surface area contributed by atoms with Crippen molar-refractivity contribution in [1.29, 1.82) is 0 Å². The van der Waals surface area contributed by atoms with Crippen LogP contribution in [-0.2, 0) is 16.1 Å². The van der Waals surface area contributed by atoms with E-state index in [2.05, 4.69) is 15.0 Å². The van der Waals surface area contributed by atoms with E-state index in [0.717, 1.165) is 5.56 Å².